The molecule has 1 amide bonds. The molecule has 0 aromatic heterocycles. The lowest BCUT2D eigenvalue weighted by atomic mass is 10.1. The first kappa shape index (κ1) is 22.6. The number of rotatable bonds is 12. The Morgan fingerprint density at radius 2 is 1.78 bits per heavy atom. The maximum atomic E-state index is 12.2. The van der Waals surface area contributed by atoms with Crippen LogP contribution in [0.4, 0.5) is 0 Å². The van der Waals surface area contributed by atoms with E-state index in [0.717, 1.165) is 9.87 Å². The highest BCUT2D eigenvalue weighted by Crippen LogP contribution is 2.07. The predicted molar refractivity (Wildman–Crippen MR) is 97.6 cm³/mol. The first-order chi connectivity index (χ1) is 12.7. The molecule has 0 saturated heterocycles. The van der Waals surface area contributed by atoms with E-state index < -0.39 is 46.9 Å². The van der Waals surface area contributed by atoms with Crippen molar-refractivity contribution in [3.8, 4) is 0 Å². The third-order valence-corrected chi connectivity index (χ3v) is 5.68. The van der Waals surface area contributed by atoms with Gasteiger partial charge in [0.2, 0.25) is 15.9 Å². The fourth-order valence-electron chi connectivity index (χ4n) is 2.32. The molecule has 150 valence electrons. The number of carbonyl (C=O) groups excluding carboxylic acids is 1. The number of hydrogen-bond acceptors (Lipinski definition) is 5. The van der Waals surface area contributed by atoms with Gasteiger partial charge in [0.1, 0.15) is 6.04 Å². The van der Waals surface area contributed by atoms with Gasteiger partial charge in [-0.2, -0.15) is 4.31 Å². The molecule has 1 rings (SSSR count). The number of hydrogen-bond donors (Lipinski definition) is 3. The van der Waals surface area contributed by atoms with Crippen LogP contribution in [0.15, 0.2) is 30.3 Å². The molecule has 27 heavy (non-hydrogen) atoms. The molecular formula is C17H24N2O7S. The molecule has 0 aliphatic heterocycles. The smallest absolute Gasteiger partial charge is 0.326 e. The number of carboxylic acid groups (broad SMARTS) is 2. The van der Waals surface area contributed by atoms with Crippen LogP contribution in [0.5, 0.6) is 0 Å². The highest BCUT2D eigenvalue weighted by Gasteiger charge is 2.26. The van der Waals surface area contributed by atoms with E-state index >= 15 is 0 Å². The summed E-state index contributed by atoms with van der Waals surface area (Å²) in [4.78, 5) is 33.9. The van der Waals surface area contributed by atoms with Gasteiger partial charge in [-0.1, -0.05) is 30.3 Å². The average molecular weight is 400 g/mol. The number of aliphatic carboxylic acids is 2. The second-order valence-electron chi connectivity index (χ2n) is 5.86. The van der Waals surface area contributed by atoms with E-state index in [0.29, 0.717) is 6.42 Å². The van der Waals surface area contributed by atoms with Gasteiger partial charge in [-0.15, -0.1) is 0 Å². The Labute approximate surface area is 158 Å². The highest BCUT2D eigenvalue weighted by atomic mass is 32.2. The quantitative estimate of drug-likeness (QED) is 0.459. The monoisotopic (exact) mass is 400 g/mol. The Morgan fingerprint density at radius 3 is 2.30 bits per heavy atom. The van der Waals surface area contributed by atoms with Gasteiger partial charge in [0.05, 0.1) is 12.3 Å². The maximum Gasteiger partial charge on any atom is 0.326 e. The van der Waals surface area contributed by atoms with Gasteiger partial charge in [-0.05, 0) is 25.3 Å². The van der Waals surface area contributed by atoms with Crippen molar-refractivity contribution in [2.45, 2.75) is 32.2 Å². The molecule has 0 aliphatic carbocycles. The van der Waals surface area contributed by atoms with E-state index in [1.165, 1.54) is 6.92 Å². The third kappa shape index (κ3) is 8.18. The Morgan fingerprint density at radius 1 is 1.15 bits per heavy atom. The molecule has 1 aromatic rings. The summed E-state index contributed by atoms with van der Waals surface area (Å²) in [6, 6.07) is 7.75. The van der Waals surface area contributed by atoms with Crippen molar-refractivity contribution >= 4 is 27.9 Å². The minimum atomic E-state index is -3.68. The standard InChI is InChI=1S/C17H24N2O7S/c1-2-27(25,26)19(11-10-13-6-4-3-5-7-13)12-15(20)18-14(17(23)24)8-9-16(21)22/h3-7,14H,2,8-12H2,1H3,(H,18,20)(H,21,22)(H,23,24)/t14-/m0/s1. The molecule has 3 N–H and O–H groups in total. The summed E-state index contributed by atoms with van der Waals surface area (Å²) in [6.07, 6.45) is -0.322. The first-order valence-electron chi connectivity index (χ1n) is 8.41. The molecule has 0 aliphatic rings. The van der Waals surface area contributed by atoms with Crippen molar-refractivity contribution in [2.24, 2.45) is 0 Å². The molecule has 0 unspecified atom stereocenters. The molecule has 0 fully saturated rings. The van der Waals surface area contributed by atoms with Crippen molar-refractivity contribution in [1.82, 2.24) is 9.62 Å². The van der Waals surface area contributed by atoms with E-state index in [-0.39, 0.29) is 18.7 Å². The Balaban J connectivity index is 2.77. The van der Waals surface area contributed by atoms with Crippen molar-refractivity contribution in [2.75, 3.05) is 18.8 Å². The number of nitrogens with one attached hydrogen (secondary N) is 1. The molecule has 9 nitrogen and oxygen atoms in total. The van der Waals surface area contributed by atoms with Crippen LogP contribution in [0.25, 0.3) is 0 Å². The lowest BCUT2D eigenvalue weighted by Crippen LogP contribution is -2.47. The fourth-order valence-corrected chi connectivity index (χ4v) is 3.37. The maximum absolute atomic E-state index is 12.2. The summed E-state index contributed by atoms with van der Waals surface area (Å²) in [6.45, 7) is 0.996. The molecule has 0 heterocycles. The minimum absolute atomic E-state index is 0.0699. The minimum Gasteiger partial charge on any atom is -0.481 e. The summed E-state index contributed by atoms with van der Waals surface area (Å²) in [5, 5.41) is 19.9. The molecule has 10 heteroatoms. The average Bonchev–Trinajstić information content (AvgIpc) is 2.62. The molecule has 0 bridgehead atoms. The Hall–Kier alpha value is -2.46. The van der Waals surface area contributed by atoms with E-state index in [2.05, 4.69) is 5.32 Å². The zero-order chi connectivity index (χ0) is 20.4. The fraction of sp³-hybridized carbons (Fsp3) is 0.471. The predicted octanol–water partition coefficient (Wildman–Crippen LogP) is 0.315. The van der Waals surface area contributed by atoms with E-state index in [9.17, 15) is 22.8 Å². The van der Waals surface area contributed by atoms with Crippen LogP contribution in [0.3, 0.4) is 0 Å². The van der Waals surface area contributed by atoms with Gasteiger partial charge in [0.25, 0.3) is 0 Å². The van der Waals surface area contributed by atoms with Crippen LogP contribution in [0.1, 0.15) is 25.3 Å². The zero-order valence-corrected chi connectivity index (χ0v) is 15.8. The highest BCUT2D eigenvalue weighted by molar-refractivity contribution is 7.89. The molecule has 0 radical (unpaired) electrons. The summed E-state index contributed by atoms with van der Waals surface area (Å²) in [7, 11) is -3.68. The van der Waals surface area contributed by atoms with Crippen molar-refractivity contribution < 1.29 is 33.0 Å². The van der Waals surface area contributed by atoms with Crippen LogP contribution < -0.4 is 5.32 Å². The SMILES string of the molecule is CCS(=O)(=O)N(CCc1ccccc1)CC(=O)N[C@@H](CCC(=O)O)C(=O)O. The summed E-state index contributed by atoms with van der Waals surface area (Å²) >= 11 is 0. The number of benzene rings is 1. The zero-order valence-electron chi connectivity index (χ0n) is 15.0. The number of carboxylic acids is 2. The number of amides is 1. The number of carbonyl (C=O) groups is 3. The van der Waals surface area contributed by atoms with Crippen LogP contribution in [-0.2, 0) is 30.8 Å². The van der Waals surface area contributed by atoms with Crippen molar-refractivity contribution in [3.63, 3.8) is 0 Å². The number of nitrogens with zero attached hydrogens (tertiary/aromatic N) is 1. The molecule has 0 saturated carbocycles. The molecular weight excluding hydrogens is 376 g/mol. The normalized spacial score (nSPS) is 12.5. The van der Waals surface area contributed by atoms with Crippen molar-refractivity contribution in [3.05, 3.63) is 35.9 Å². The van der Waals surface area contributed by atoms with Crippen LogP contribution in [0.2, 0.25) is 0 Å². The van der Waals surface area contributed by atoms with Crippen LogP contribution in [-0.4, -0.2) is 65.7 Å². The lowest BCUT2D eigenvalue weighted by Gasteiger charge is -2.22. The molecule has 0 spiro atoms. The molecule has 1 aromatic carbocycles. The van der Waals surface area contributed by atoms with E-state index in [4.69, 9.17) is 10.2 Å². The second-order valence-corrected chi connectivity index (χ2v) is 8.12. The van der Waals surface area contributed by atoms with Gasteiger partial charge in [0, 0.05) is 13.0 Å². The number of sulfonamides is 1. The topological polar surface area (TPSA) is 141 Å². The lowest BCUT2D eigenvalue weighted by molar-refractivity contribution is -0.143. The second kappa shape index (κ2) is 10.6. The van der Waals surface area contributed by atoms with Gasteiger partial charge in [-0.3, -0.25) is 9.59 Å². The molecule has 1 atom stereocenters. The van der Waals surface area contributed by atoms with Gasteiger partial charge < -0.3 is 15.5 Å². The Kier molecular flexibility index (Phi) is 8.89. The van der Waals surface area contributed by atoms with Crippen LogP contribution in [0, 0.1) is 0 Å². The van der Waals surface area contributed by atoms with E-state index in [1.54, 1.807) is 0 Å². The van der Waals surface area contributed by atoms with Crippen molar-refractivity contribution in [1.29, 1.82) is 0 Å². The summed E-state index contributed by atoms with van der Waals surface area (Å²) in [5.41, 5.74) is 0.902. The van der Waals surface area contributed by atoms with Gasteiger partial charge >= 0.3 is 11.9 Å². The third-order valence-electron chi connectivity index (χ3n) is 3.85. The van der Waals surface area contributed by atoms with Gasteiger partial charge in [-0.25, -0.2) is 13.2 Å². The summed E-state index contributed by atoms with van der Waals surface area (Å²) < 4.78 is 25.5. The Bertz CT molecular complexity index is 750. The van der Waals surface area contributed by atoms with Crippen LogP contribution >= 0.6 is 0 Å². The van der Waals surface area contributed by atoms with Gasteiger partial charge in [0.15, 0.2) is 0 Å². The first-order valence-corrected chi connectivity index (χ1v) is 10.0. The largest absolute Gasteiger partial charge is 0.481 e. The summed E-state index contributed by atoms with van der Waals surface area (Å²) in [5.74, 6) is -3.55. The van der Waals surface area contributed by atoms with E-state index in [1.807, 2.05) is 30.3 Å².